The predicted molar refractivity (Wildman–Crippen MR) is 140 cm³/mol. The minimum atomic E-state index is -3.57. The van der Waals surface area contributed by atoms with Crippen molar-refractivity contribution in [1.82, 2.24) is 0 Å². The Morgan fingerprint density at radius 2 is 1.57 bits per heavy atom. The average molecular weight is 515 g/mol. The molecular weight excluding hydrogens is 480 g/mol. The van der Waals surface area contributed by atoms with Crippen LogP contribution in [-0.2, 0) is 19.3 Å². The molecule has 6 nitrogen and oxygen atoms in total. The fourth-order valence-electron chi connectivity index (χ4n) is 3.99. The molecule has 1 heterocycles. The van der Waals surface area contributed by atoms with Gasteiger partial charge in [-0.15, -0.1) is 0 Å². The highest BCUT2D eigenvalue weighted by molar-refractivity contribution is 7.86. The Kier molecular flexibility index (Phi) is 9.06. The van der Waals surface area contributed by atoms with E-state index >= 15 is 0 Å². The second-order valence-corrected chi connectivity index (χ2v) is 14.8. The lowest BCUT2D eigenvalue weighted by Gasteiger charge is -2.34. The Morgan fingerprint density at radius 1 is 0.971 bits per heavy atom. The van der Waals surface area contributed by atoms with Crippen molar-refractivity contribution >= 4 is 18.4 Å². The first-order valence-electron chi connectivity index (χ1n) is 11.9. The van der Waals surface area contributed by atoms with Crippen LogP contribution in [-0.4, -0.2) is 36.2 Å². The number of ether oxygens (including phenoxy) is 2. The van der Waals surface area contributed by atoms with Gasteiger partial charge in [0.2, 0.25) is 8.32 Å². The van der Waals surface area contributed by atoms with Crippen LogP contribution in [0.15, 0.2) is 60.4 Å². The molecule has 0 amide bonds. The molecule has 0 saturated carbocycles. The molecule has 1 aliphatic rings. The molecule has 0 fully saturated rings. The lowest BCUT2D eigenvalue weighted by molar-refractivity contribution is 0.0253. The number of rotatable bonds is 9. The number of hydrogen-bond acceptors (Lipinski definition) is 6. The summed E-state index contributed by atoms with van der Waals surface area (Å²) in [6.45, 7) is 6.65. The van der Waals surface area contributed by atoms with Crippen LogP contribution in [0.1, 0.15) is 44.4 Å². The maximum absolute atomic E-state index is 11.3. The van der Waals surface area contributed by atoms with Gasteiger partial charge in [0.05, 0.1) is 19.1 Å². The van der Waals surface area contributed by atoms with Gasteiger partial charge in [-0.25, -0.2) is 0 Å². The number of benzene rings is 2. The second kappa shape index (κ2) is 11.8. The van der Waals surface area contributed by atoms with Crippen LogP contribution in [0.4, 0.5) is 0 Å². The fourth-order valence-corrected chi connectivity index (χ4v) is 7.09. The Morgan fingerprint density at radius 3 is 2.11 bits per heavy atom. The lowest BCUT2D eigenvalue weighted by Crippen LogP contribution is -2.37. The third kappa shape index (κ3) is 7.62. The van der Waals surface area contributed by atoms with Gasteiger partial charge in [0.15, 0.2) is 0 Å². The minimum Gasteiger partial charge on any atom is -0.547 e. The maximum Gasteiger partial charge on any atom is 0.306 e. The summed E-state index contributed by atoms with van der Waals surface area (Å²) in [5.74, 6) is 8.38. The summed E-state index contributed by atoms with van der Waals surface area (Å²) in [7, 11) is -3.77. The van der Waals surface area contributed by atoms with E-state index in [4.69, 9.17) is 18.1 Å². The van der Waals surface area contributed by atoms with Crippen molar-refractivity contribution in [3.63, 3.8) is 0 Å². The van der Waals surface area contributed by atoms with Gasteiger partial charge in [0.25, 0.3) is 0 Å². The second-order valence-electron chi connectivity index (χ2n) is 8.58. The predicted octanol–water partition coefficient (Wildman–Crippen LogP) is 5.82. The Bertz CT molecular complexity index is 1160. The van der Waals surface area contributed by atoms with Crippen LogP contribution in [0.2, 0.25) is 18.1 Å². The molecule has 0 radical (unpaired) electrons. The Balaban J connectivity index is 1.85. The smallest absolute Gasteiger partial charge is 0.306 e. The van der Waals surface area contributed by atoms with Crippen molar-refractivity contribution < 1.29 is 26.5 Å². The monoisotopic (exact) mass is 514 g/mol. The molecule has 0 bridgehead atoms. The first-order chi connectivity index (χ1) is 16.7. The third-order valence-corrected chi connectivity index (χ3v) is 11.3. The lowest BCUT2D eigenvalue weighted by atomic mass is 10.0. The van der Waals surface area contributed by atoms with Gasteiger partial charge in [-0.2, -0.15) is 8.42 Å². The molecule has 0 saturated heterocycles. The summed E-state index contributed by atoms with van der Waals surface area (Å²) in [6, 6.07) is 17.7. The Hall–Kier alpha value is -2.73. The van der Waals surface area contributed by atoms with Gasteiger partial charge < -0.3 is 18.1 Å². The molecule has 2 aromatic rings. The van der Waals surface area contributed by atoms with E-state index in [1.807, 2.05) is 24.3 Å². The van der Waals surface area contributed by atoms with E-state index in [1.54, 1.807) is 31.4 Å². The van der Waals surface area contributed by atoms with E-state index in [-0.39, 0.29) is 18.0 Å². The molecule has 0 unspecified atom stereocenters. The van der Waals surface area contributed by atoms with Crippen molar-refractivity contribution in [2.24, 2.45) is 0 Å². The van der Waals surface area contributed by atoms with Crippen LogP contribution < -0.4 is 8.92 Å². The molecule has 2 atom stereocenters. The maximum atomic E-state index is 11.3. The Labute approximate surface area is 210 Å². The van der Waals surface area contributed by atoms with Crippen molar-refractivity contribution in [3.05, 3.63) is 71.5 Å². The molecule has 0 aromatic heterocycles. The highest BCUT2D eigenvalue weighted by Crippen LogP contribution is 2.34. The molecule has 0 aliphatic carbocycles. The summed E-state index contributed by atoms with van der Waals surface area (Å²) < 4.78 is 45.9. The van der Waals surface area contributed by atoms with Crippen LogP contribution in [0.25, 0.3) is 0 Å². The summed E-state index contributed by atoms with van der Waals surface area (Å²) >= 11 is 0. The average Bonchev–Trinajstić information content (AvgIpc) is 2.86. The van der Waals surface area contributed by atoms with E-state index in [0.717, 1.165) is 47.0 Å². The topological polar surface area (TPSA) is 71.1 Å². The SMILES string of the molecule is CC[Si](CC)(CC)OC1=C[C@@H](c2ccc(OC)cc2)O[C@@H](C#Cc2ccc(OS(C)(=O)=O)cc2)C1. The van der Waals surface area contributed by atoms with E-state index in [2.05, 4.69) is 38.7 Å². The van der Waals surface area contributed by atoms with Crippen LogP contribution in [0, 0.1) is 11.8 Å². The van der Waals surface area contributed by atoms with E-state index in [9.17, 15) is 8.42 Å². The van der Waals surface area contributed by atoms with E-state index < -0.39 is 18.4 Å². The largest absolute Gasteiger partial charge is 0.547 e. The quantitative estimate of drug-likeness (QED) is 0.239. The molecule has 0 spiro atoms. The van der Waals surface area contributed by atoms with Gasteiger partial charge >= 0.3 is 10.1 Å². The molecule has 3 rings (SSSR count). The standard InChI is InChI=1S/C27H34O6SSi/c1-6-35(7-2,8-3)33-26-19-25(31-27(20-26)22-12-17-23(30-4)18-13-22)16-11-21-9-14-24(15-10-21)32-34(5,28)29/h9-10,12-15,17-18,20,25,27H,6-8,19H2,1-5H3/t25-,27-/m0/s1. The summed E-state index contributed by atoms with van der Waals surface area (Å²) in [5, 5.41) is 0. The zero-order chi connectivity index (χ0) is 25.5. The third-order valence-electron chi connectivity index (χ3n) is 6.24. The van der Waals surface area contributed by atoms with Crippen LogP contribution in [0.5, 0.6) is 11.5 Å². The highest BCUT2D eigenvalue weighted by Gasteiger charge is 2.34. The van der Waals surface area contributed by atoms with Gasteiger partial charge in [-0.1, -0.05) is 44.7 Å². The fraction of sp³-hybridized carbons (Fsp3) is 0.407. The van der Waals surface area contributed by atoms with E-state index in [1.165, 1.54) is 0 Å². The van der Waals surface area contributed by atoms with Crippen molar-refractivity contribution in [2.75, 3.05) is 13.4 Å². The first kappa shape index (κ1) is 26.9. The summed E-state index contributed by atoms with van der Waals surface area (Å²) in [4.78, 5) is 0. The van der Waals surface area contributed by atoms with Gasteiger partial charge in [0.1, 0.15) is 23.7 Å². The van der Waals surface area contributed by atoms with Gasteiger partial charge in [-0.05, 0) is 66.2 Å². The van der Waals surface area contributed by atoms with Crippen molar-refractivity contribution in [1.29, 1.82) is 0 Å². The van der Waals surface area contributed by atoms with Crippen molar-refractivity contribution in [3.8, 4) is 23.3 Å². The molecule has 0 N–H and O–H groups in total. The molecular formula is C27H34O6SSi. The zero-order valence-corrected chi connectivity index (χ0v) is 22.9. The first-order valence-corrected chi connectivity index (χ1v) is 16.2. The van der Waals surface area contributed by atoms with Crippen LogP contribution in [0.3, 0.4) is 0 Å². The number of methoxy groups -OCH3 is 1. The van der Waals surface area contributed by atoms with Crippen molar-refractivity contribution in [2.45, 2.75) is 57.5 Å². The molecule has 2 aromatic carbocycles. The number of hydrogen-bond donors (Lipinski definition) is 0. The normalized spacial score (nSPS) is 18.1. The summed E-state index contributed by atoms with van der Waals surface area (Å²) in [5.41, 5.74) is 1.75. The molecule has 1 aliphatic heterocycles. The van der Waals surface area contributed by atoms with Gasteiger partial charge in [-0.3, -0.25) is 0 Å². The highest BCUT2D eigenvalue weighted by atomic mass is 32.2. The van der Waals surface area contributed by atoms with Crippen LogP contribution >= 0.6 is 0 Å². The van der Waals surface area contributed by atoms with E-state index in [0.29, 0.717) is 6.42 Å². The minimum absolute atomic E-state index is 0.255. The molecule has 35 heavy (non-hydrogen) atoms. The van der Waals surface area contributed by atoms with Gasteiger partial charge in [0, 0.05) is 12.0 Å². The zero-order valence-electron chi connectivity index (χ0n) is 21.0. The summed E-state index contributed by atoms with van der Waals surface area (Å²) in [6.07, 6.45) is 3.07. The molecule has 8 heteroatoms. The molecule has 188 valence electrons.